The average Bonchev–Trinajstić information content (AvgIpc) is 3.00. The highest BCUT2D eigenvalue weighted by molar-refractivity contribution is 5.76. The van der Waals surface area contributed by atoms with Crippen molar-refractivity contribution in [3.8, 4) is 0 Å². The van der Waals surface area contributed by atoms with E-state index in [1.807, 2.05) is 13.8 Å². The fraction of sp³-hybridized carbons (Fsp3) is 0.917. The maximum absolute atomic E-state index is 11.4. The van der Waals surface area contributed by atoms with Crippen LogP contribution in [0.15, 0.2) is 0 Å². The maximum Gasteiger partial charge on any atom is 0.221 e. The average molecular weight is 228 g/mol. The number of hydrogen-bond acceptors (Lipinski definition) is 3. The van der Waals surface area contributed by atoms with Gasteiger partial charge in [0.25, 0.3) is 0 Å². The van der Waals surface area contributed by atoms with E-state index in [0.29, 0.717) is 25.5 Å². The van der Waals surface area contributed by atoms with Crippen molar-refractivity contribution in [3.63, 3.8) is 0 Å². The first-order valence-corrected chi connectivity index (χ1v) is 6.19. The van der Waals surface area contributed by atoms with Crippen molar-refractivity contribution in [1.29, 1.82) is 0 Å². The van der Waals surface area contributed by atoms with Crippen LogP contribution >= 0.6 is 0 Å². The summed E-state index contributed by atoms with van der Waals surface area (Å²) in [6.45, 7) is 6.10. The van der Waals surface area contributed by atoms with Gasteiger partial charge in [-0.25, -0.2) is 0 Å². The van der Waals surface area contributed by atoms with Gasteiger partial charge in [-0.15, -0.1) is 0 Å². The molecule has 0 bridgehead atoms. The molecule has 0 aliphatic heterocycles. The molecule has 0 aromatic rings. The molecule has 0 radical (unpaired) electrons. The Labute approximate surface area is 97.9 Å². The molecule has 1 aliphatic carbocycles. The van der Waals surface area contributed by atoms with Gasteiger partial charge in [0.05, 0.1) is 6.61 Å². The van der Waals surface area contributed by atoms with Crippen molar-refractivity contribution in [2.75, 3.05) is 19.8 Å². The van der Waals surface area contributed by atoms with Crippen LogP contribution in [0, 0.1) is 11.8 Å². The van der Waals surface area contributed by atoms with Gasteiger partial charge in [0, 0.05) is 25.6 Å². The van der Waals surface area contributed by atoms with Gasteiger partial charge in [0.1, 0.15) is 0 Å². The Morgan fingerprint density at radius 3 is 2.75 bits per heavy atom. The highest BCUT2D eigenvalue weighted by Gasteiger charge is 2.20. The van der Waals surface area contributed by atoms with Crippen molar-refractivity contribution in [2.45, 2.75) is 39.2 Å². The Bertz CT molecular complexity index is 215. The second-order valence-electron chi connectivity index (χ2n) is 4.98. The molecule has 1 amide bonds. The second-order valence-corrected chi connectivity index (χ2v) is 4.98. The lowest BCUT2D eigenvalue weighted by Crippen LogP contribution is -2.36. The molecular weight excluding hydrogens is 204 g/mol. The standard InChI is InChI=1S/C12H24N2O2/c1-9(2)11(13)7-12(15)14-5-6-16-8-10-3-4-10/h9-11H,3-8,13H2,1-2H3,(H,14,15). The molecule has 94 valence electrons. The van der Waals surface area contributed by atoms with Crippen molar-refractivity contribution >= 4 is 5.91 Å². The number of rotatable bonds is 8. The molecule has 1 rings (SSSR count). The summed E-state index contributed by atoms with van der Waals surface area (Å²) >= 11 is 0. The maximum atomic E-state index is 11.4. The monoisotopic (exact) mass is 228 g/mol. The quantitative estimate of drug-likeness (QED) is 0.607. The number of nitrogens with one attached hydrogen (secondary N) is 1. The number of nitrogens with two attached hydrogens (primary N) is 1. The summed E-state index contributed by atoms with van der Waals surface area (Å²) in [7, 11) is 0. The third-order valence-electron chi connectivity index (χ3n) is 2.90. The summed E-state index contributed by atoms with van der Waals surface area (Å²) in [5.74, 6) is 1.15. The van der Waals surface area contributed by atoms with Gasteiger partial charge in [0.15, 0.2) is 0 Å². The van der Waals surface area contributed by atoms with Gasteiger partial charge in [-0.05, 0) is 24.7 Å². The Hall–Kier alpha value is -0.610. The summed E-state index contributed by atoms with van der Waals surface area (Å²) in [5.41, 5.74) is 5.80. The van der Waals surface area contributed by atoms with E-state index in [4.69, 9.17) is 10.5 Å². The number of ether oxygens (including phenoxy) is 1. The van der Waals surface area contributed by atoms with Crippen molar-refractivity contribution < 1.29 is 9.53 Å². The number of hydrogen-bond donors (Lipinski definition) is 2. The number of carbonyl (C=O) groups is 1. The molecule has 0 heterocycles. The second kappa shape index (κ2) is 6.86. The SMILES string of the molecule is CC(C)C(N)CC(=O)NCCOCC1CC1. The molecule has 1 saturated carbocycles. The van der Waals surface area contributed by atoms with Gasteiger partial charge < -0.3 is 15.8 Å². The summed E-state index contributed by atoms with van der Waals surface area (Å²) in [4.78, 5) is 11.4. The number of carbonyl (C=O) groups excluding carboxylic acids is 1. The Morgan fingerprint density at radius 2 is 2.19 bits per heavy atom. The van der Waals surface area contributed by atoms with Crippen molar-refractivity contribution in [3.05, 3.63) is 0 Å². The smallest absolute Gasteiger partial charge is 0.221 e. The first-order chi connectivity index (χ1) is 7.59. The Balaban J connectivity index is 1.92. The van der Waals surface area contributed by atoms with E-state index in [-0.39, 0.29) is 11.9 Å². The van der Waals surface area contributed by atoms with Crippen molar-refractivity contribution in [2.24, 2.45) is 17.6 Å². The molecule has 1 atom stereocenters. The van der Waals surface area contributed by atoms with Crippen LogP contribution in [-0.2, 0) is 9.53 Å². The van der Waals surface area contributed by atoms with Crippen LogP contribution in [0.3, 0.4) is 0 Å². The molecule has 1 aliphatic rings. The predicted molar refractivity (Wildman–Crippen MR) is 64.0 cm³/mol. The molecule has 4 nitrogen and oxygen atoms in total. The summed E-state index contributed by atoms with van der Waals surface area (Å²) < 4.78 is 5.41. The van der Waals surface area contributed by atoms with E-state index < -0.39 is 0 Å². The molecule has 3 N–H and O–H groups in total. The van der Waals surface area contributed by atoms with E-state index in [0.717, 1.165) is 12.5 Å². The van der Waals surface area contributed by atoms with Gasteiger partial charge in [-0.2, -0.15) is 0 Å². The molecule has 0 spiro atoms. The molecule has 1 fully saturated rings. The zero-order valence-corrected chi connectivity index (χ0v) is 10.4. The lowest BCUT2D eigenvalue weighted by atomic mass is 10.0. The van der Waals surface area contributed by atoms with E-state index in [2.05, 4.69) is 5.32 Å². The Morgan fingerprint density at radius 1 is 1.50 bits per heavy atom. The van der Waals surface area contributed by atoms with Crippen LogP contribution in [0.5, 0.6) is 0 Å². The molecule has 4 heteroatoms. The third-order valence-corrected chi connectivity index (χ3v) is 2.90. The fourth-order valence-electron chi connectivity index (χ4n) is 1.32. The van der Waals surface area contributed by atoms with Gasteiger partial charge in [0.2, 0.25) is 5.91 Å². The van der Waals surface area contributed by atoms with E-state index in [9.17, 15) is 4.79 Å². The lowest BCUT2D eigenvalue weighted by molar-refractivity contribution is -0.121. The summed E-state index contributed by atoms with van der Waals surface area (Å²) in [6, 6.07) is -0.0487. The minimum Gasteiger partial charge on any atom is -0.379 e. The molecule has 1 unspecified atom stereocenters. The summed E-state index contributed by atoms with van der Waals surface area (Å²) in [6.07, 6.45) is 3.01. The minimum absolute atomic E-state index is 0.0243. The fourth-order valence-corrected chi connectivity index (χ4v) is 1.32. The van der Waals surface area contributed by atoms with E-state index >= 15 is 0 Å². The molecule has 0 saturated heterocycles. The molecule has 0 aromatic heterocycles. The first-order valence-electron chi connectivity index (χ1n) is 6.19. The zero-order chi connectivity index (χ0) is 12.0. The normalized spacial score (nSPS) is 17.5. The topological polar surface area (TPSA) is 64.4 Å². The molecule has 16 heavy (non-hydrogen) atoms. The highest BCUT2D eigenvalue weighted by atomic mass is 16.5. The predicted octanol–water partition coefficient (Wildman–Crippen LogP) is 0.903. The van der Waals surface area contributed by atoms with E-state index in [1.165, 1.54) is 12.8 Å². The molecular formula is C12H24N2O2. The van der Waals surface area contributed by atoms with Crippen LogP contribution in [0.25, 0.3) is 0 Å². The molecule has 0 aromatic carbocycles. The van der Waals surface area contributed by atoms with Gasteiger partial charge >= 0.3 is 0 Å². The minimum atomic E-state index is -0.0487. The third kappa shape index (κ3) is 6.08. The van der Waals surface area contributed by atoms with E-state index in [1.54, 1.807) is 0 Å². The highest BCUT2D eigenvalue weighted by Crippen LogP contribution is 2.28. The number of amides is 1. The largest absolute Gasteiger partial charge is 0.379 e. The van der Waals surface area contributed by atoms with Crippen LogP contribution in [0.2, 0.25) is 0 Å². The van der Waals surface area contributed by atoms with Crippen LogP contribution in [0.4, 0.5) is 0 Å². The first kappa shape index (κ1) is 13.5. The van der Waals surface area contributed by atoms with Crippen LogP contribution in [-0.4, -0.2) is 31.7 Å². The van der Waals surface area contributed by atoms with Crippen molar-refractivity contribution in [1.82, 2.24) is 5.32 Å². The van der Waals surface area contributed by atoms with Gasteiger partial charge in [-0.3, -0.25) is 4.79 Å². The van der Waals surface area contributed by atoms with Crippen LogP contribution in [0.1, 0.15) is 33.1 Å². The van der Waals surface area contributed by atoms with Gasteiger partial charge in [-0.1, -0.05) is 13.8 Å². The lowest BCUT2D eigenvalue weighted by Gasteiger charge is -2.14. The summed E-state index contributed by atoms with van der Waals surface area (Å²) in [5, 5.41) is 2.82. The zero-order valence-electron chi connectivity index (χ0n) is 10.4. The van der Waals surface area contributed by atoms with Crippen LogP contribution < -0.4 is 11.1 Å². The Kier molecular flexibility index (Phi) is 5.77.